The molecule has 0 fully saturated rings. The number of hydrogen-bond acceptors (Lipinski definition) is 5. The van der Waals surface area contributed by atoms with Crippen LogP contribution >= 0.6 is 0 Å². The Kier molecular flexibility index (Phi) is 4.03. The van der Waals surface area contributed by atoms with Gasteiger partial charge in [0.1, 0.15) is 5.69 Å². The van der Waals surface area contributed by atoms with Gasteiger partial charge in [0, 0.05) is 41.2 Å². The average molecular weight is 387 g/mol. The van der Waals surface area contributed by atoms with Gasteiger partial charge in [0.2, 0.25) is 0 Å². The minimum Gasteiger partial charge on any atom is -0.396 e. The van der Waals surface area contributed by atoms with Crippen molar-refractivity contribution in [2.45, 2.75) is 13.0 Å². The van der Waals surface area contributed by atoms with Crippen molar-refractivity contribution in [3.05, 3.63) is 66.0 Å². The maximum absolute atomic E-state index is 12.8. The highest BCUT2D eigenvalue weighted by atomic mass is 16.5. The molecule has 0 spiro atoms. The number of rotatable bonds is 5. The molecule has 0 saturated heterocycles. The van der Waals surface area contributed by atoms with Gasteiger partial charge in [-0.25, -0.2) is 0 Å². The first-order valence-corrected chi connectivity index (χ1v) is 9.33. The van der Waals surface area contributed by atoms with Crippen molar-refractivity contribution in [2.24, 2.45) is 0 Å². The van der Waals surface area contributed by atoms with E-state index in [1.807, 2.05) is 53.2 Å². The molecule has 0 saturated carbocycles. The molecule has 0 unspecified atom stereocenters. The second kappa shape index (κ2) is 6.72. The van der Waals surface area contributed by atoms with E-state index in [1.54, 1.807) is 6.07 Å². The number of nitrogens with one attached hydrogen (secondary N) is 1. The zero-order valence-corrected chi connectivity index (χ0v) is 15.4. The van der Waals surface area contributed by atoms with Crippen molar-refractivity contribution in [3.63, 3.8) is 0 Å². The Labute approximate surface area is 165 Å². The number of aliphatic hydroxyl groups excluding tert-OH is 1. The van der Waals surface area contributed by atoms with E-state index in [-0.39, 0.29) is 17.8 Å². The molecule has 3 heterocycles. The number of benzene rings is 2. The predicted octanol–water partition coefficient (Wildman–Crippen LogP) is 2.73. The summed E-state index contributed by atoms with van der Waals surface area (Å²) in [6, 6.07) is 14.9. The normalized spacial score (nSPS) is 14.4. The molecule has 1 aliphatic rings. The van der Waals surface area contributed by atoms with Gasteiger partial charge in [-0.15, -0.1) is 0 Å². The molecule has 29 heavy (non-hydrogen) atoms. The van der Waals surface area contributed by atoms with Crippen LogP contribution in [-0.4, -0.2) is 33.3 Å². The van der Waals surface area contributed by atoms with E-state index in [2.05, 4.69) is 10.5 Å². The first kappa shape index (κ1) is 17.4. The van der Waals surface area contributed by atoms with Gasteiger partial charge < -0.3 is 14.2 Å². The van der Waals surface area contributed by atoms with Gasteiger partial charge in [0.15, 0.2) is 5.58 Å². The highest BCUT2D eigenvalue weighted by Crippen LogP contribution is 2.37. The summed E-state index contributed by atoms with van der Waals surface area (Å²) in [5.74, 6) is -0.946. The molecular weight excluding hydrogens is 370 g/mol. The second-order valence-corrected chi connectivity index (χ2v) is 6.89. The molecule has 7 nitrogen and oxygen atoms in total. The third-order valence-corrected chi connectivity index (χ3v) is 5.16. The van der Waals surface area contributed by atoms with E-state index in [0.717, 1.165) is 10.9 Å². The van der Waals surface area contributed by atoms with Gasteiger partial charge in [0.05, 0.1) is 11.1 Å². The van der Waals surface area contributed by atoms with E-state index in [1.165, 1.54) is 0 Å². The van der Waals surface area contributed by atoms with E-state index < -0.39 is 11.8 Å². The molecule has 7 heteroatoms. The molecule has 1 aliphatic heterocycles. The summed E-state index contributed by atoms with van der Waals surface area (Å²) in [5, 5.41) is 17.2. The topological polar surface area (TPSA) is 97.4 Å². The van der Waals surface area contributed by atoms with Crippen LogP contribution in [-0.2, 0) is 16.1 Å². The molecular formula is C22H17N3O4. The SMILES string of the molecule is O=C1NC(=O)C(c2cn(CCCO)c3ccccc23)=C1c1noc2ccccc12. The van der Waals surface area contributed by atoms with Gasteiger partial charge in [0.25, 0.3) is 11.8 Å². The third kappa shape index (κ3) is 2.67. The maximum Gasteiger partial charge on any atom is 0.261 e. The third-order valence-electron chi connectivity index (χ3n) is 5.16. The number of amides is 2. The molecule has 0 radical (unpaired) electrons. The van der Waals surface area contributed by atoms with Crippen LogP contribution in [0.4, 0.5) is 0 Å². The van der Waals surface area contributed by atoms with Crippen LogP contribution in [0.2, 0.25) is 0 Å². The highest BCUT2D eigenvalue weighted by molar-refractivity contribution is 6.50. The second-order valence-electron chi connectivity index (χ2n) is 6.89. The number of aryl methyl sites for hydroxylation is 1. The van der Waals surface area contributed by atoms with Gasteiger partial charge in [-0.1, -0.05) is 35.5 Å². The number of aromatic nitrogens is 2. The number of hydrogen-bond donors (Lipinski definition) is 2. The fourth-order valence-corrected chi connectivity index (χ4v) is 3.88. The van der Waals surface area contributed by atoms with Crippen molar-refractivity contribution in [1.29, 1.82) is 0 Å². The number of aliphatic hydroxyl groups is 1. The van der Waals surface area contributed by atoms with Crippen LogP contribution in [0.15, 0.2) is 59.3 Å². The van der Waals surface area contributed by atoms with E-state index in [4.69, 9.17) is 4.52 Å². The van der Waals surface area contributed by atoms with Gasteiger partial charge in [-0.05, 0) is 24.6 Å². The summed E-state index contributed by atoms with van der Waals surface area (Å²) < 4.78 is 7.36. The lowest BCUT2D eigenvalue weighted by molar-refractivity contribution is -0.122. The Morgan fingerprint density at radius 3 is 2.52 bits per heavy atom. The smallest absolute Gasteiger partial charge is 0.261 e. The zero-order valence-electron chi connectivity index (χ0n) is 15.4. The number of carbonyl (C=O) groups excluding carboxylic acids is 2. The summed E-state index contributed by atoms with van der Waals surface area (Å²) in [4.78, 5) is 25.5. The molecule has 2 N–H and O–H groups in total. The Hall–Kier alpha value is -3.71. The number of fused-ring (bicyclic) bond motifs is 2. The highest BCUT2D eigenvalue weighted by Gasteiger charge is 2.36. The fraction of sp³-hybridized carbons (Fsp3) is 0.136. The lowest BCUT2D eigenvalue weighted by Gasteiger charge is -2.02. The molecule has 5 rings (SSSR count). The Morgan fingerprint density at radius 1 is 0.966 bits per heavy atom. The summed E-state index contributed by atoms with van der Waals surface area (Å²) in [7, 11) is 0. The molecule has 0 bridgehead atoms. The Bertz CT molecular complexity index is 1310. The number of nitrogens with zero attached hydrogens (tertiary/aromatic N) is 2. The number of carbonyl (C=O) groups is 2. The van der Waals surface area contributed by atoms with Crippen LogP contribution in [0.3, 0.4) is 0 Å². The minimum absolute atomic E-state index is 0.0691. The lowest BCUT2D eigenvalue weighted by Crippen LogP contribution is -2.22. The average Bonchev–Trinajstić information content (AvgIpc) is 3.39. The molecule has 2 amide bonds. The van der Waals surface area contributed by atoms with E-state index >= 15 is 0 Å². The lowest BCUT2D eigenvalue weighted by atomic mass is 9.97. The number of para-hydroxylation sites is 2. The molecule has 144 valence electrons. The monoisotopic (exact) mass is 387 g/mol. The summed E-state index contributed by atoms with van der Waals surface area (Å²) in [6.07, 6.45) is 2.44. The largest absolute Gasteiger partial charge is 0.396 e. The first-order valence-electron chi connectivity index (χ1n) is 9.33. The van der Waals surface area contributed by atoms with E-state index in [0.29, 0.717) is 35.2 Å². The summed E-state index contributed by atoms with van der Waals surface area (Å²) in [6.45, 7) is 0.668. The first-order chi connectivity index (χ1) is 14.2. The van der Waals surface area contributed by atoms with Crippen molar-refractivity contribution >= 4 is 44.8 Å². The quantitative estimate of drug-likeness (QED) is 0.513. The summed E-state index contributed by atoms with van der Waals surface area (Å²) >= 11 is 0. The Morgan fingerprint density at radius 2 is 1.69 bits per heavy atom. The fourth-order valence-electron chi connectivity index (χ4n) is 3.88. The van der Waals surface area contributed by atoms with Crippen molar-refractivity contribution in [1.82, 2.24) is 15.0 Å². The standard InChI is InChI=1S/C22H17N3O4/c26-11-5-10-25-12-15(13-6-1-3-8-16(13)25)18-19(22(28)23-21(18)27)20-14-7-2-4-9-17(14)29-24-20/h1-4,6-9,12,26H,5,10-11H2,(H,23,27,28). The van der Waals surface area contributed by atoms with Crippen LogP contribution < -0.4 is 5.32 Å². The summed E-state index contributed by atoms with van der Waals surface area (Å²) in [5.41, 5.74) is 2.99. The zero-order chi connectivity index (χ0) is 20.0. The minimum atomic E-state index is -0.490. The molecule has 0 aliphatic carbocycles. The van der Waals surface area contributed by atoms with Gasteiger partial charge >= 0.3 is 0 Å². The molecule has 2 aromatic heterocycles. The molecule has 0 atom stereocenters. The van der Waals surface area contributed by atoms with E-state index in [9.17, 15) is 14.7 Å². The van der Waals surface area contributed by atoms with Crippen LogP contribution in [0.1, 0.15) is 17.7 Å². The molecule has 4 aromatic rings. The van der Waals surface area contributed by atoms with Crippen LogP contribution in [0, 0.1) is 0 Å². The van der Waals surface area contributed by atoms with Crippen molar-refractivity contribution in [2.75, 3.05) is 6.61 Å². The maximum atomic E-state index is 12.8. The Balaban J connectivity index is 1.79. The van der Waals surface area contributed by atoms with Gasteiger partial charge in [-0.3, -0.25) is 14.9 Å². The number of imide groups is 1. The van der Waals surface area contributed by atoms with Crippen molar-refractivity contribution < 1.29 is 19.2 Å². The van der Waals surface area contributed by atoms with Crippen LogP contribution in [0.25, 0.3) is 33.0 Å². The predicted molar refractivity (Wildman–Crippen MR) is 108 cm³/mol. The molecule has 2 aromatic carbocycles. The van der Waals surface area contributed by atoms with Crippen molar-refractivity contribution in [3.8, 4) is 0 Å². The van der Waals surface area contributed by atoms with Gasteiger partial charge in [-0.2, -0.15) is 0 Å². The van der Waals surface area contributed by atoms with Crippen LogP contribution in [0.5, 0.6) is 0 Å².